The van der Waals surface area contributed by atoms with Gasteiger partial charge in [0.05, 0.1) is 12.7 Å². The Morgan fingerprint density at radius 2 is 1.36 bits per heavy atom. The van der Waals surface area contributed by atoms with Gasteiger partial charge < -0.3 is 20.4 Å². The highest BCUT2D eigenvalue weighted by atomic mass is 16.3. The second-order valence-corrected chi connectivity index (χ2v) is 1.24. The van der Waals surface area contributed by atoms with Crippen LogP contribution < -0.4 is 0 Å². The molecule has 0 fully saturated rings. The van der Waals surface area contributed by atoms with Gasteiger partial charge in [-0.05, 0) is 6.92 Å². The Bertz CT molecular complexity index is 65.4. The van der Waals surface area contributed by atoms with Gasteiger partial charge in [-0.3, -0.25) is 9.59 Å². The van der Waals surface area contributed by atoms with Crippen LogP contribution in [0.2, 0.25) is 0 Å². The highest BCUT2D eigenvalue weighted by molar-refractivity contribution is 5.32. The van der Waals surface area contributed by atoms with Crippen molar-refractivity contribution in [3.8, 4) is 0 Å². The maximum absolute atomic E-state index is 8.36. The minimum absolute atomic E-state index is 0.139. The molecule has 0 rings (SSSR count). The fraction of sp³-hybridized carbons (Fsp3) is 0.600. The summed E-state index contributed by atoms with van der Waals surface area (Å²) >= 11 is 0. The average Bonchev–Trinajstić information content (AvgIpc) is 1.91. The van der Waals surface area contributed by atoms with Crippen molar-refractivity contribution < 1.29 is 30.0 Å². The zero-order valence-corrected chi connectivity index (χ0v) is 6.04. The van der Waals surface area contributed by atoms with E-state index in [-0.39, 0.29) is 19.6 Å². The van der Waals surface area contributed by atoms with Gasteiger partial charge in [-0.25, -0.2) is 0 Å². The summed E-state index contributed by atoms with van der Waals surface area (Å²) in [6.07, 6.45) is -0.560. The summed E-state index contributed by atoms with van der Waals surface area (Å²) in [5, 5.41) is 29.8. The van der Waals surface area contributed by atoms with Crippen LogP contribution >= 0.6 is 0 Å². The summed E-state index contributed by atoms with van der Waals surface area (Å²) in [4.78, 5) is 16.7. The van der Waals surface area contributed by atoms with E-state index >= 15 is 0 Å². The van der Waals surface area contributed by atoms with Crippen molar-refractivity contribution in [2.45, 2.75) is 13.0 Å². The summed E-state index contributed by atoms with van der Waals surface area (Å²) in [7, 11) is 0. The number of rotatable bonds is 1. The normalized spacial score (nSPS) is 9.00. The fourth-order valence-electron chi connectivity index (χ4n) is 0. The number of carbonyl (C=O) groups is 2. The first-order chi connectivity index (χ1) is 5.10. The topological polar surface area (TPSA) is 115 Å². The van der Waals surface area contributed by atoms with Gasteiger partial charge in [0.25, 0.3) is 12.9 Å². The van der Waals surface area contributed by atoms with Gasteiger partial charge in [-0.15, -0.1) is 0 Å². The molecule has 11 heavy (non-hydrogen) atoms. The Labute approximate surface area is 63.7 Å². The number of aliphatic hydroxyl groups excluding tert-OH is 2. The van der Waals surface area contributed by atoms with E-state index in [1.165, 1.54) is 6.92 Å². The van der Waals surface area contributed by atoms with E-state index in [1.807, 2.05) is 0 Å². The van der Waals surface area contributed by atoms with E-state index in [1.54, 1.807) is 0 Å². The first kappa shape index (κ1) is 16.4. The van der Waals surface area contributed by atoms with Gasteiger partial charge >= 0.3 is 0 Å². The van der Waals surface area contributed by atoms with E-state index in [4.69, 9.17) is 30.0 Å². The van der Waals surface area contributed by atoms with Crippen LogP contribution in [0.15, 0.2) is 0 Å². The lowest BCUT2D eigenvalue weighted by Gasteiger charge is -1.90. The standard InChI is InChI=1S/C3H8O2.2CH2O2/c1-3(5)2-4;2*2-1-3/h3-5H,2H2,1H3;2*1H,(H,2,3). The lowest BCUT2D eigenvalue weighted by Crippen LogP contribution is -2.03. The first-order valence-electron chi connectivity index (χ1n) is 2.55. The number of hydrogen-bond acceptors (Lipinski definition) is 4. The van der Waals surface area contributed by atoms with Crippen LogP contribution in [0.5, 0.6) is 0 Å². The molecule has 0 aliphatic rings. The van der Waals surface area contributed by atoms with Crippen LogP contribution in [-0.4, -0.2) is 46.1 Å². The minimum Gasteiger partial charge on any atom is -0.483 e. The van der Waals surface area contributed by atoms with Crippen molar-refractivity contribution in [3.63, 3.8) is 0 Å². The molecule has 0 aromatic rings. The van der Waals surface area contributed by atoms with Crippen LogP contribution in [0.4, 0.5) is 0 Å². The fourth-order valence-corrected chi connectivity index (χ4v) is 0. The Balaban J connectivity index is -0.0000000933. The molecule has 0 saturated carbocycles. The van der Waals surface area contributed by atoms with E-state index in [2.05, 4.69) is 0 Å². The summed E-state index contributed by atoms with van der Waals surface area (Å²) in [6.45, 7) is 0.889. The molecule has 0 radical (unpaired) electrons. The molecule has 0 aliphatic heterocycles. The Kier molecular flexibility index (Phi) is 34.7. The molecular weight excluding hydrogens is 156 g/mol. The molecule has 1 unspecified atom stereocenters. The summed E-state index contributed by atoms with van der Waals surface area (Å²) in [5.74, 6) is 0. The zero-order valence-electron chi connectivity index (χ0n) is 6.04. The van der Waals surface area contributed by atoms with Crippen molar-refractivity contribution >= 4 is 12.9 Å². The van der Waals surface area contributed by atoms with Gasteiger partial charge in [-0.2, -0.15) is 0 Å². The molecule has 0 aromatic heterocycles. The summed E-state index contributed by atoms with van der Waals surface area (Å²) in [5.41, 5.74) is 0. The van der Waals surface area contributed by atoms with Crippen LogP contribution in [-0.2, 0) is 9.59 Å². The molecule has 4 N–H and O–H groups in total. The van der Waals surface area contributed by atoms with Crippen LogP contribution in [0.25, 0.3) is 0 Å². The highest BCUT2D eigenvalue weighted by Gasteiger charge is 1.83. The summed E-state index contributed by atoms with van der Waals surface area (Å²) < 4.78 is 0. The first-order valence-corrected chi connectivity index (χ1v) is 2.55. The van der Waals surface area contributed by atoms with Gasteiger partial charge in [0.1, 0.15) is 0 Å². The predicted octanol–water partition coefficient (Wildman–Crippen LogP) is -1.24. The SMILES string of the molecule is CC(O)CO.O=CO.O=CO. The molecule has 0 aromatic carbocycles. The zero-order chi connectivity index (χ0) is 9.70. The third-order valence-corrected chi connectivity index (χ3v) is 0.264. The lowest BCUT2D eigenvalue weighted by atomic mass is 10.5. The van der Waals surface area contributed by atoms with Crippen molar-refractivity contribution in [3.05, 3.63) is 0 Å². The van der Waals surface area contributed by atoms with Gasteiger partial charge in [0.15, 0.2) is 0 Å². The van der Waals surface area contributed by atoms with E-state index in [0.717, 1.165) is 0 Å². The molecule has 68 valence electrons. The Morgan fingerprint density at radius 1 is 1.27 bits per heavy atom. The molecular formula is C5H12O6. The van der Waals surface area contributed by atoms with Crippen molar-refractivity contribution in [1.29, 1.82) is 0 Å². The summed E-state index contributed by atoms with van der Waals surface area (Å²) in [6, 6.07) is 0. The molecule has 0 amide bonds. The van der Waals surface area contributed by atoms with Crippen LogP contribution in [0, 0.1) is 0 Å². The van der Waals surface area contributed by atoms with Crippen molar-refractivity contribution in [2.75, 3.05) is 6.61 Å². The molecule has 6 heteroatoms. The molecule has 0 heterocycles. The molecule has 0 spiro atoms. The highest BCUT2D eigenvalue weighted by Crippen LogP contribution is 1.68. The largest absolute Gasteiger partial charge is 0.483 e. The third-order valence-electron chi connectivity index (χ3n) is 0.264. The van der Waals surface area contributed by atoms with Crippen molar-refractivity contribution in [1.82, 2.24) is 0 Å². The molecule has 6 nitrogen and oxygen atoms in total. The smallest absolute Gasteiger partial charge is 0.290 e. The van der Waals surface area contributed by atoms with E-state index in [0.29, 0.717) is 0 Å². The molecule has 0 aliphatic carbocycles. The maximum Gasteiger partial charge on any atom is 0.290 e. The maximum atomic E-state index is 8.36. The Hall–Kier alpha value is -1.14. The monoisotopic (exact) mass is 168 g/mol. The number of hydrogen-bond donors (Lipinski definition) is 4. The minimum atomic E-state index is -0.560. The average molecular weight is 168 g/mol. The molecule has 0 bridgehead atoms. The number of aliphatic hydroxyl groups is 2. The quantitative estimate of drug-likeness (QED) is 0.364. The predicted molar refractivity (Wildman–Crippen MR) is 36.2 cm³/mol. The second kappa shape index (κ2) is 23.2. The Morgan fingerprint density at radius 3 is 1.36 bits per heavy atom. The van der Waals surface area contributed by atoms with Gasteiger partial charge in [0, 0.05) is 0 Å². The lowest BCUT2D eigenvalue weighted by molar-refractivity contribution is -0.123. The van der Waals surface area contributed by atoms with E-state index in [9.17, 15) is 0 Å². The van der Waals surface area contributed by atoms with Crippen LogP contribution in [0.1, 0.15) is 6.92 Å². The second-order valence-electron chi connectivity index (χ2n) is 1.24. The number of carboxylic acid groups (broad SMARTS) is 2. The molecule has 0 saturated heterocycles. The van der Waals surface area contributed by atoms with Gasteiger partial charge in [0.2, 0.25) is 0 Å². The van der Waals surface area contributed by atoms with E-state index < -0.39 is 6.10 Å². The van der Waals surface area contributed by atoms with Crippen LogP contribution in [0.3, 0.4) is 0 Å². The third kappa shape index (κ3) is 564. The van der Waals surface area contributed by atoms with Gasteiger partial charge in [-0.1, -0.05) is 0 Å². The molecule has 1 atom stereocenters. The van der Waals surface area contributed by atoms with Crippen molar-refractivity contribution in [2.24, 2.45) is 0 Å².